The Kier molecular flexibility index (Phi) is 4.98. The Labute approximate surface area is 118 Å². The topological polar surface area (TPSA) is 58.6 Å². The number of nitrogens with one attached hydrogen (secondary N) is 1. The van der Waals surface area contributed by atoms with Crippen LogP contribution >= 0.6 is 0 Å². The number of nitrogens with zero attached hydrogens (tertiary/aromatic N) is 1. The Bertz CT molecular complexity index is 488. The van der Waals surface area contributed by atoms with Gasteiger partial charge in [0.25, 0.3) is 5.91 Å². The minimum atomic E-state index is -0.0577. The number of para-hydroxylation sites is 2. The molecule has 0 saturated carbocycles. The molecule has 1 aromatic rings. The van der Waals surface area contributed by atoms with Crippen LogP contribution in [0.2, 0.25) is 0 Å². The lowest BCUT2D eigenvalue weighted by Crippen LogP contribution is -2.39. The van der Waals surface area contributed by atoms with Gasteiger partial charge in [-0.1, -0.05) is 19.1 Å². The Morgan fingerprint density at radius 1 is 1.40 bits per heavy atom. The van der Waals surface area contributed by atoms with Gasteiger partial charge >= 0.3 is 0 Å². The Balaban J connectivity index is 1.89. The molecule has 0 saturated heterocycles. The van der Waals surface area contributed by atoms with E-state index in [1.165, 1.54) is 0 Å². The van der Waals surface area contributed by atoms with E-state index >= 15 is 0 Å². The van der Waals surface area contributed by atoms with Crippen LogP contribution in [-0.2, 0) is 9.59 Å². The highest BCUT2D eigenvalue weighted by Gasteiger charge is 2.24. The molecular weight excluding hydrogens is 256 g/mol. The Morgan fingerprint density at radius 2 is 2.20 bits per heavy atom. The smallest absolute Gasteiger partial charge is 0.265 e. The molecule has 5 heteroatoms. The van der Waals surface area contributed by atoms with E-state index in [1.807, 2.05) is 31.2 Å². The molecule has 1 aliphatic rings. The summed E-state index contributed by atoms with van der Waals surface area (Å²) in [5.41, 5.74) is 0.790. The maximum atomic E-state index is 11.9. The molecule has 0 atom stereocenters. The molecule has 0 aliphatic carbocycles. The van der Waals surface area contributed by atoms with Gasteiger partial charge in [-0.05, 0) is 25.0 Å². The highest BCUT2D eigenvalue weighted by atomic mass is 16.5. The zero-order valence-electron chi connectivity index (χ0n) is 11.7. The second-order valence-electron chi connectivity index (χ2n) is 4.76. The number of anilines is 1. The van der Waals surface area contributed by atoms with E-state index in [4.69, 9.17) is 4.74 Å². The first-order valence-corrected chi connectivity index (χ1v) is 7.01. The molecule has 2 amide bonds. The second-order valence-corrected chi connectivity index (χ2v) is 4.76. The maximum absolute atomic E-state index is 11.9. The van der Waals surface area contributed by atoms with Crippen LogP contribution in [0.1, 0.15) is 26.2 Å². The molecule has 5 nitrogen and oxygen atoms in total. The number of hydrogen-bond donors (Lipinski definition) is 1. The monoisotopic (exact) mass is 276 g/mol. The highest BCUT2D eigenvalue weighted by molar-refractivity contribution is 5.97. The summed E-state index contributed by atoms with van der Waals surface area (Å²) in [5.74, 6) is 0.709. The summed E-state index contributed by atoms with van der Waals surface area (Å²) in [6.07, 6.45) is 2.02. The van der Waals surface area contributed by atoms with Gasteiger partial charge in [-0.25, -0.2) is 0 Å². The van der Waals surface area contributed by atoms with E-state index in [0.29, 0.717) is 25.9 Å². The van der Waals surface area contributed by atoms with E-state index in [1.54, 1.807) is 4.90 Å². The van der Waals surface area contributed by atoms with Crippen molar-refractivity contribution in [2.24, 2.45) is 0 Å². The molecule has 0 unspecified atom stereocenters. The SMILES string of the molecule is CCCNC(=O)CCCN1C(=O)COc2ccccc21. The summed E-state index contributed by atoms with van der Waals surface area (Å²) < 4.78 is 5.38. The van der Waals surface area contributed by atoms with Crippen molar-refractivity contribution in [3.63, 3.8) is 0 Å². The summed E-state index contributed by atoms with van der Waals surface area (Å²) in [6.45, 7) is 3.33. The minimum Gasteiger partial charge on any atom is -0.482 e. The van der Waals surface area contributed by atoms with Gasteiger partial charge in [0, 0.05) is 19.5 Å². The predicted molar refractivity (Wildman–Crippen MR) is 76.8 cm³/mol. The van der Waals surface area contributed by atoms with Crippen molar-refractivity contribution in [1.29, 1.82) is 0 Å². The first-order chi connectivity index (χ1) is 9.72. The number of rotatable bonds is 6. The third-order valence-electron chi connectivity index (χ3n) is 3.17. The Morgan fingerprint density at radius 3 is 3.00 bits per heavy atom. The van der Waals surface area contributed by atoms with Crippen LogP contribution in [0.4, 0.5) is 5.69 Å². The third-order valence-corrected chi connectivity index (χ3v) is 3.17. The number of ether oxygens (including phenoxy) is 1. The fourth-order valence-electron chi connectivity index (χ4n) is 2.15. The number of amides is 2. The molecule has 0 bridgehead atoms. The molecule has 108 valence electrons. The van der Waals surface area contributed by atoms with Crippen LogP contribution in [0.25, 0.3) is 0 Å². The molecule has 0 aromatic heterocycles. The third kappa shape index (κ3) is 3.50. The lowest BCUT2D eigenvalue weighted by Gasteiger charge is -2.29. The average molecular weight is 276 g/mol. The van der Waals surface area contributed by atoms with Crippen LogP contribution in [-0.4, -0.2) is 31.5 Å². The molecule has 20 heavy (non-hydrogen) atoms. The predicted octanol–water partition coefficient (Wildman–Crippen LogP) is 1.72. The van der Waals surface area contributed by atoms with Crippen LogP contribution in [0, 0.1) is 0 Å². The van der Waals surface area contributed by atoms with Crippen molar-refractivity contribution < 1.29 is 14.3 Å². The van der Waals surface area contributed by atoms with Gasteiger partial charge in [-0.3, -0.25) is 9.59 Å². The van der Waals surface area contributed by atoms with Gasteiger partial charge in [0.2, 0.25) is 5.91 Å². The summed E-state index contributed by atoms with van der Waals surface area (Å²) in [6, 6.07) is 7.47. The largest absolute Gasteiger partial charge is 0.482 e. The van der Waals surface area contributed by atoms with E-state index in [0.717, 1.165) is 17.9 Å². The van der Waals surface area contributed by atoms with Crippen molar-refractivity contribution in [3.05, 3.63) is 24.3 Å². The second kappa shape index (κ2) is 6.93. The van der Waals surface area contributed by atoms with Crippen molar-refractivity contribution in [1.82, 2.24) is 5.32 Å². The van der Waals surface area contributed by atoms with Crippen molar-refractivity contribution in [3.8, 4) is 5.75 Å². The summed E-state index contributed by atoms with van der Waals surface area (Å²) >= 11 is 0. The molecular formula is C15H20N2O3. The van der Waals surface area contributed by atoms with Gasteiger partial charge < -0.3 is 15.0 Å². The first kappa shape index (κ1) is 14.4. The number of benzene rings is 1. The van der Waals surface area contributed by atoms with Gasteiger partial charge in [0.1, 0.15) is 5.75 Å². The zero-order chi connectivity index (χ0) is 14.4. The fourth-order valence-corrected chi connectivity index (χ4v) is 2.15. The number of carbonyl (C=O) groups is 2. The van der Waals surface area contributed by atoms with Crippen LogP contribution in [0.15, 0.2) is 24.3 Å². The molecule has 0 radical (unpaired) electrons. The average Bonchev–Trinajstić information content (AvgIpc) is 2.47. The van der Waals surface area contributed by atoms with E-state index in [9.17, 15) is 9.59 Å². The standard InChI is InChI=1S/C15H20N2O3/c1-2-9-16-14(18)8-5-10-17-12-6-3-4-7-13(12)20-11-15(17)19/h3-4,6-7H,2,5,8-11H2,1H3,(H,16,18). The lowest BCUT2D eigenvalue weighted by molar-refractivity contribution is -0.122. The first-order valence-electron chi connectivity index (χ1n) is 7.01. The van der Waals surface area contributed by atoms with Gasteiger partial charge in [-0.15, -0.1) is 0 Å². The van der Waals surface area contributed by atoms with Crippen LogP contribution < -0.4 is 15.0 Å². The number of carbonyl (C=O) groups excluding carboxylic acids is 2. The molecule has 1 N–H and O–H groups in total. The normalized spacial score (nSPS) is 13.7. The molecule has 2 rings (SSSR count). The molecule has 1 heterocycles. The van der Waals surface area contributed by atoms with Gasteiger partial charge in [0.05, 0.1) is 5.69 Å². The quantitative estimate of drug-likeness (QED) is 0.860. The van der Waals surface area contributed by atoms with Crippen molar-refractivity contribution >= 4 is 17.5 Å². The van der Waals surface area contributed by atoms with Gasteiger partial charge in [0.15, 0.2) is 6.61 Å². The van der Waals surface area contributed by atoms with E-state index in [2.05, 4.69) is 5.32 Å². The molecule has 1 aliphatic heterocycles. The van der Waals surface area contributed by atoms with Crippen molar-refractivity contribution in [2.75, 3.05) is 24.6 Å². The maximum Gasteiger partial charge on any atom is 0.265 e. The molecule has 0 spiro atoms. The fraction of sp³-hybridized carbons (Fsp3) is 0.467. The number of hydrogen-bond acceptors (Lipinski definition) is 3. The molecule has 1 aromatic carbocycles. The highest BCUT2D eigenvalue weighted by Crippen LogP contribution is 2.31. The summed E-state index contributed by atoms with van der Waals surface area (Å²) in [7, 11) is 0. The van der Waals surface area contributed by atoms with Crippen LogP contribution in [0.5, 0.6) is 5.75 Å². The summed E-state index contributed by atoms with van der Waals surface area (Å²) in [5, 5.41) is 2.83. The lowest BCUT2D eigenvalue weighted by atomic mass is 10.2. The zero-order valence-corrected chi connectivity index (χ0v) is 11.7. The van der Waals surface area contributed by atoms with Crippen LogP contribution in [0.3, 0.4) is 0 Å². The minimum absolute atomic E-state index is 0.0424. The van der Waals surface area contributed by atoms with E-state index in [-0.39, 0.29) is 18.4 Å². The number of fused-ring (bicyclic) bond motifs is 1. The van der Waals surface area contributed by atoms with Gasteiger partial charge in [-0.2, -0.15) is 0 Å². The van der Waals surface area contributed by atoms with Crippen molar-refractivity contribution in [2.45, 2.75) is 26.2 Å². The molecule has 0 fully saturated rings. The van der Waals surface area contributed by atoms with E-state index < -0.39 is 0 Å². The summed E-state index contributed by atoms with van der Waals surface area (Å²) in [4.78, 5) is 25.1. The Hall–Kier alpha value is -2.04.